The summed E-state index contributed by atoms with van der Waals surface area (Å²) in [4.78, 5) is 33.0. The molecule has 0 bridgehead atoms. The number of nitrogens with two attached hydrogens (primary N) is 1. The number of aromatic nitrogens is 3. The van der Waals surface area contributed by atoms with Crippen LogP contribution in [0.1, 0.15) is 46.0 Å². The molecule has 2 aromatic heterocycles. The van der Waals surface area contributed by atoms with E-state index in [2.05, 4.69) is 22.1 Å². The van der Waals surface area contributed by atoms with Crippen molar-refractivity contribution in [3.05, 3.63) is 41.1 Å². The summed E-state index contributed by atoms with van der Waals surface area (Å²) in [5.41, 5.74) is 10.7. The largest absolute Gasteiger partial charge is 0.381 e. The van der Waals surface area contributed by atoms with E-state index in [1.165, 1.54) is 29.3 Å². The van der Waals surface area contributed by atoms with E-state index in [0.29, 0.717) is 37.0 Å². The first-order valence-corrected chi connectivity index (χ1v) is 13.0. The van der Waals surface area contributed by atoms with E-state index in [9.17, 15) is 9.59 Å². The third-order valence-corrected chi connectivity index (χ3v) is 7.48. The molecule has 1 unspecified atom stereocenters. The number of hydrogen-bond donors (Lipinski definition) is 3. The zero-order valence-electron chi connectivity index (χ0n) is 19.6. The van der Waals surface area contributed by atoms with Crippen LogP contribution < -0.4 is 15.8 Å². The van der Waals surface area contributed by atoms with Crippen molar-refractivity contribution in [1.29, 1.82) is 0 Å². The highest BCUT2D eigenvalue weighted by Gasteiger charge is 2.40. The molecule has 0 spiro atoms. The van der Waals surface area contributed by atoms with Crippen LogP contribution in [0.3, 0.4) is 0 Å². The number of amides is 2. The van der Waals surface area contributed by atoms with Crippen LogP contribution in [0.25, 0.3) is 16.9 Å². The van der Waals surface area contributed by atoms with Crippen molar-refractivity contribution >= 4 is 40.9 Å². The van der Waals surface area contributed by atoms with E-state index in [0.717, 1.165) is 22.4 Å². The Morgan fingerprint density at radius 3 is 2.80 bits per heavy atom. The molecule has 2 aliphatic heterocycles. The van der Waals surface area contributed by atoms with Crippen LogP contribution in [-0.4, -0.2) is 62.9 Å². The lowest BCUT2D eigenvalue weighted by atomic mass is 10.0. The molecule has 6 rings (SSSR count). The lowest BCUT2D eigenvalue weighted by molar-refractivity contribution is -0.00342. The fourth-order valence-electron chi connectivity index (χ4n) is 4.88. The fourth-order valence-corrected chi connectivity index (χ4v) is 5.26. The van der Waals surface area contributed by atoms with Gasteiger partial charge in [0, 0.05) is 30.6 Å². The standard InChI is InChI=1S/C24H27N7O3S/c1-12(13-3-4-13)30-9-15-7-14(8-18(29-35-2)19(15)24(30)33)17-5-6-31-22(27-17)20(21(25)28-31)23(32)26-16-10-34-11-16/h5-8,12-13,16,29H,3-4,9-11H2,1-2H3,(H2,25,28)(H,26,32). The Kier molecular flexibility index (Phi) is 5.33. The molecule has 3 aromatic rings. The quantitative estimate of drug-likeness (QED) is 0.429. The van der Waals surface area contributed by atoms with Gasteiger partial charge in [-0.05, 0) is 49.4 Å². The molecule has 1 saturated carbocycles. The Morgan fingerprint density at radius 2 is 2.11 bits per heavy atom. The average Bonchev–Trinajstić information content (AvgIpc) is 3.53. The van der Waals surface area contributed by atoms with Gasteiger partial charge in [-0.3, -0.25) is 9.59 Å². The number of fused-ring (bicyclic) bond motifs is 2. The van der Waals surface area contributed by atoms with E-state index in [1.807, 2.05) is 29.4 Å². The molecule has 182 valence electrons. The summed E-state index contributed by atoms with van der Waals surface area (Å²) in [6.45, 7) is 3.70. The van der Waals surface area contributed by atoms with E-state index in [4.69, 9.17) is 15.5 Å². The minimum Gasteiger partial charge on any atom is -0.381 e. The second kappa shape index (κ2) is 8.42. The number of nitrogens with zero attached hydrogens (tertiary/aromatic N) is 4. The maximum Gasteiger partial charge on any atom is 0.259 e. The minimum absolute atomic E-state index is 0.0320. The van der Waals surface area contributed by atoms with Crippen LogP contribution >= 0.6 is 11.9 Å². The van der Waals surface area contributed by atoms with Crippen LogP contribution in [0.5, 0.6) is 0 Å². The van der Waals surface area contributed by atoms with Gasteiger partial charge in [-0.2, -0.15) is 0 Å². The number of nitrogens with one attached hydrogen (secondary N) is 2. The number of rotatable bonds is 7. The van der Waals surface area contributed by atoms with Crippen LogP contribution in [0, 0.1) is 5.92 Å². The van der Waals surface area contributed by atoms with E-state index < -0.39 is 0 Å². The van der Waals surface area contributed by atoms with Gasteiger partial charge in [-0.25, -0.2) is 9.50 Å². The maximum absolute atomic E-state index is 13.3. The van der Waals surface area contributed by atoms with Gasteiger partial charge in [0.15, 0.2) is 11.5 Å². The molecule has 11 heteroatoms. The fraction of sp³-hybridized carbons (Fsp3) is 0.417. The molecular formula is C24H27N7O3S. The number of hydrogen-bond acceptors (Lipinski definition) is 8. The van der Waals surface area contributed by atoms with E-state index in [1.54, 1.807) is 6.20 Å². The van der Waals surface area contributed by atoms with Gasteiger partial charge in [-0.15, -0.1) is 5.10 Å². The topological polar surface area (TPSA) is 127 Å². The summed E-state index contributed by atoms with van der Waals surface area (Å²) in [7, 11) is 0. The summed E-state index contributed by atoms with van der Waals surface area (Å²) in [6.07, 6.45) is 6.05. The van der Waals surface area contributed by atoms with Crippen molar-refractivity contribution in [2.75, 3.05) is 29.9 Å². The molecule has 4 N–H and O–H groups in total. The van der Waals surface area contributed by atoms with Gasteiger partial charge < -0.3 is 25.4 Å². The second-order valence-corrected chi connectivity index (χ2v) is 10.0. The molecule has 10 nitrogen and oxygen atoms in total. The van der Waals surface area contributed by atoms with Gasteiger partial charge in [0.25, 0.3) is 11.8 Å². The minimum atomic E-state index is -0.315. The molecule has 1 atom stereocenters. The normalized spacial score (nSPS) is 18.5. The lowest BCUT2D eigenvalue weighted by Gasteiger charge is -2.26. The van der Waals surface area contributed by atoms with Crippen molar-refractivity contribution in [2.45, 2.75) is 38.4 Å². The third-order valence-electron chi connectivity index (χ3n) is 7.05. The van der Waals surface area contributed by atoms with Gasteiger partial charge in [0.1, 0.15) is 5.56 Å². The first kappa shape index (κ1) is 22.2. The second-order valence-electron chi connectivity index (χ2n) is 9.42. The number of anilines is 2. The lowest BCUT2D eigenvalue weighted by Crippen LogP contribution is -2.48. The Bertz CT molecular complexity index is 1350. The van der Waals surface area contributed by atoms with Gasteiger partial charge in [0.05, 0.1) is 36.2 Å². The smallest absolute Gasteiger partial charge is 0.259 e. The van der Waals surface area contributed by atoms with Gasteiger partial charge >= 0.3 is 0 Å². The highest BCUT2D eigenvalue weighted by Crippen LogP contribution is 2.41. The molecule has 1 aliphatic carbocycles. The highest BCUT2D eigenvalue weighted by atomic mass is 32.2. The Labute approximate surface area is 206 Å². The van der Waals surface area contributed by atoms with E-state index >= 15 is 0 Å². The van der Waals surface area contributed by atoms with Crippen LogP contribution in [-0.2, 0) is 11.3 Å². The maximum atomic E-state index is 13.3. The summed E-state index contributed by atoms with van der Waals surface area (Å²) in [6, 6.07) is 6.01. The number of benzene rings is 1. The van der Waals surface area contributed by atoms with E-state index in [-0.39, 0.29) is 35.3 Å². The Hall–Kier alpha value is -3.31. The molecule has 2 amide bonds. The molecule has 35 heavy (non-hydrogen) atoms. The number of ether oxygens (including phenoxy) is 1. The molecular weight excluding hydrogens is 466 g/mol. The van der Waals surface area contributed by atoms with Crippen molar-refractivity contribution in [3.8, 4) is 11.3 Å². The Balaban J connectivity index is 1.39. The van der Waals surface area contributed by atoms with Gasteiger partial charge in [0.2, 0.25) is 0 Å². The van der Waals surface area contributed by atoms with Crippen LogP contribution in [0.4, 0.5) is 11.5 Å². The van der Waals surface area contributed by atoms with Crippen molar-refractivity contribution in [1.82, 2.24) is 24.8 Å². The summed E-state index contributed by atoms with van der Waals surface area (Å²) < 4.78 is 9.95. The predicted octanol–water partition coefficient (Wildman–Crippen LogP) is 2.55. The predicted molar refractivity (Wildman–Crippen MR) is 134 cm³/mol. The van der Waals surface area contributed by atoms with Gasteiger partial charge in [-0.1, -0.05) is 11.9 Å². The van der Waals surface area contributed by atoms with Crippen molar-refractivity contribution in [2.24, 2.45) is 5.92 Å². The SMILES string of the molecule is CSNc1cc(-c2ccn3nc(N)c(C(=O)NC4COC4)c3n2)cc2c1C(=O)N(C(C)C1CC1)C2. The molecule has 3 aliphatic rings. The zero-order valence-corrected chi connectivity index (χ0v) is 20.4. The summed E-state index contributed by atoms with van der Waals surface area (Å²) >= 11 is 1.45. The zero-order chi connectivity index (χ0) is 24.3. The van der Waals surface area contributed by atoms with Crippen molar-refractivity contribution < 1.29 is 14.3 Å². The first-order valence-electron chi connectivity index (χ1n) is 11.7. The molecule has 1 aromatic carbocycles. The highest BCUT2D eigenvalue weighted by molar-refractivity contribution is 7.99. The molecule has 1 saturated heterocycles. The number of nitrogen functional groups attached to an aromatic ring is 1. The number of carbonyl (C=O) groups excluding carboxylic acids is 2. The number of carbonyl (C=O) groups is 2. The van der Waals surface area contributed by atoms with Crippen molar-refractivity contribution in [3.63, 3.8) is 0 Å². The summed E-state index contributed by atoms with van der Waals surface area (Å²) in [5.74, 6) is 0.483. The molecule has 0 radical (unpaired) electrons. The molecule has 2 fully saturated rings. The van der Waals surface area contributed by atoms with Crippen LogP contribution in [0.15, 0.2) is 24.4 Å². The third kappa shape index (κ3) is 3.79. The van der Waals surface area contributed by atoms with Crippen LogP contribution in [0.2, 0.25) is 0 Å². The monoisotopic (exact) mass is 493 g/mol. The Morgan fingerprint density at radius 1 is 1.31 bits per heavy atom. The first-order chi connectivity index (χ1) is 16.9. The molecule has 4 heterocycles. The summed E-state index contributed by atoms with van der Waals surface area (Å²) in [5, 5.41) is 7.17. The average molecular weight is 494 g/mol.